The van der Waals surface area contributed by atoms with E-state index in [2.05, 4.69) is 11.8 Å². The zero-order chi connectivity index (χ0) is 10.7. The maximum absolute atomic E-state index is 9.33. The summed E-state index contributed by atoms with van der Waals surface area (Å²) < 4.78 is 0. The second-order valence-electron chi connectivity index (χ2n) is 4.00. The molecular formula is C12H17NOS. The normalized spacial score (nSPS) is 17.9. The highest BCUT2D eigenvalue weighted by molar-refractivity contribution is 7.99. The van der Waals surface area contributed by atoms with Gasteiger partial charge in [-0.25, -0.2) is 0 Å². The van der Waals surface area contributed by atoms with Crippen molar-refractivity contribution in [3.05, 3.63) is 29.3 Å². The number of thioether (sulfide) groups is 1. The fourth-order valence-corrected chi connectivity index (χ4v) is 2.84. The van der Waals surface area contributed by atoms with E-state index in [4.69, 9.17) is 0 Å². The van der Waals surface area contributed by atoms with E-state index in [-0.39, 0.29) is 0 Å². The summed E-state index contributed by atoms with van der Waals surface area (Å²) >= 11 is 2.03. The lowest BCUT2D eigenvalue weighted by molar-refractivity contribution is 0.294. The van der Waals surface area contributed by atoms with Gasteiger partial charge in [-0.2, -0.15) is 11.8 Å². The summed E-state index contributed by atoms with van der Waals surface area (Å²) in [6.45, 7) is 5.45. The predicted octanol–water partition coefficient (Wildman–Crippen LogP) is 2.25. The zero-order valence-electron chi connectivity index (χ0n) is 9.07. The van der Waals surface area contributed by atoms with Crippen LogP contribution in [-0.2, 0) is 6.54 Å². The van der Waals surface area contributed by atoms with Crippen molar-refractivity contribution in [1.82, 2.24) is 4.90 Å². The highest BCUT2D eigenvalue weighted by Crippen LogP contribution is 2.19. The van der Waals surface area contributed by atoms with Crippen molar-refractivity contribution >= 4 is 11.8 Å². The van der Waals surface area contributed by atoms with Crippen molar-refractivity contribution in [3.8, 4) is 5.75 Å². The Morgan fingerprint density at radius 3 is 2.73 bits per heavy atom. The van der Waals surface area contributed by atoms with Crippen LogP contribution in [0.4, 0.5) is 0 Å². The molecule has 2 rings (SSSR count). The molecule has 0 amide bonds. The van der Waals surface area contributed by atoms with Gasteiger partial charge in [0, 0.05) is 31.1 Å². The van der Waals surface area contributed by atoms with Crippen molar-refractivity contribution in [2.75, 3.05) is 24.6 Å². The van der Waals surface area contributed by atoms with Gasteiger partial charge in [-0.15, -0.1) is 0 Å². The van der Waals surface area contributed by atoms with E-state index in [1.165, 1.54) is 35.7 Å². The standard InChI is InChI=1S/C12H17NOS/c1-10-8-12(14)3-2-11(10)9-13-4-6-15-7-5-13/h2-3,8,14H,4-7,9H2,1H3. The number of hydrogen-bond donors (Lipinski definition) is 1. The molecule has 0 aliphatic carbocycles. The van der Waals surface area contributed by atoms with Gasteiger partial charge in [-0.1, -0.05) is 6.07 Å². The Balaban J connectivity index is 2.03. The van der Waals surface area contributed by atoms with Crippen LogP contribution in [0.3, 0.4) is 0 Å². The van der Waals surface area contributed by atoms with Crippen molar-refractivity contribution in [2.24, 2.45) is 0 Å². The van der Waals surface area contributed by atoms with E-state index < -0.39 is 0 Å². The molecule has 0 aromatic heterocycles. The lowest BCUT2D eigenvalue weighted by atomic mass is 10.1. The number of aromatic hydroxyl groups is 1. The summed E-state index contributed by atoms with van der Waals surface area (Å²) in [6, 6.07) is 5.65. The number of benzene rings is 1. The Bertz CT molecular complexity index is 334. The Kier molecular flexibility index (Phi) is 3.54. The molecule has 1 heterocycles. The van der Waals surface area contributed by atoms with Gasteiger partial charge in [0.1, 0.15) is 5.75 Å². The van der Waals surface area contributed by atoms with Crippen molar-refractivity contribution in [2.45, 2.75) is 13.5 Å². The maximum atomic E-state index is 9.33. The molecule has 0 unspecified atom stereocenters. The van der Waals surface area contributed by atoms with Crippen LogP contribution >= 0.6 is 11.8 Å². The summed E-state index contributed by atoms with van der Waals surface area (Å²) in [5.74, 6) is 2.86. The Labute approximate surface area is 95.3 Å². The second-order valence-corrected chi connectivity index (χ2v) is 5.22. The lowest BCUT2D eigenvalue weighted by Gasteiger charge is -2.26. The first-order valence-electron chi connectivity index (χ1n) is 5.34. The number of rotatable bonds is 2. The topological polar surface area (TPSA) is 23.5 Å². The molecule has 1 N–H and O–H groups in total. The maximum Gasteiger partial charge on any atom is 0.115 e. The molecule has 1 fully saturated rings. The summed E-state index contributed by atoms with van der Waals surface area (Å²) in [5, 5.41) is 9.33. The van der Waals surface area contributed by atoms with Crippen molar-refractivity contribution in [1.29, 1.82) is 0 Å². The quantitative estimate of drug-likeness (QED) is 0.832. The highest BCUT2D eigenvalue weighted by atomic mass is 32.2. The fraction of sp³-hybridized carbons (Fsp3) is 0.500. The smallest absolute Gasteiger partial charge is 0.115 e. The van der Waals surface area contributed by atoms with Crippen LogP contribution in [0.25, 0.3) is 0 Å². The van der Waals surface area contributed by atoms with E-state index in [0.29, 0.717) is 5.75 Å². The number of hydrogen-bond acceptors (Lipinski definition) is 3. The van der Waals surface area contributed by atoms with Gasteiger partial charge >= 0.3 is 0 Å². The summed E-state index contributed by atoms with van der Waals surface area (Å²) in [7, 11) is 0. The zero-order valence-corrected chi connectivity index (χ0v) is 9.89. The molecule has 1 aliphatic heterocycles. The number of nitrogens with zero attached hydrogens (tertiary/aromatic N) is 1. The van der Waals surface area contributed by atoms with E-state index in [1.54, 1.807) is 6.07 Å². The van der Waals surface area contributed by atoms with Crippen LogP contribution < -0.4 is 0 Å². The average molecular weight is 223 g/mol. The second kappa shape index (κ2) is 4.90. The van der Waals surface area contributed by atoms with E-state index in [9.17, 15) is 5.11 Å². The summed E-state index contributed by atoms with van der Waals surface area (Å²) in [4.78, 5) is 2.48. The van der Waals surface area contributed by atoms with Crippen molar-refractivity contribution < 1.29 is 5.11 Å². The fourth-order valence-electron chi connectivity index (χ4n) is 1.86. The molecule has 3 heteroatoms. The van der Waals surface area contributed by atoms with Gasteiger partial charge in [0.05, 0.1) is 0 Å². The minimum absolute atomic E-state index is 0.366. The lowest BCUT2D eigenvalue weighted by Crippen LogP contribution is -2.32. The Hall–Kier alpha value is -0.670. The van der Waals surface area contributed by atoms with Crippen LogP contribution in [0.2, 0.25) is 0 Å². The van der Waals surface area contributed by atoms with E-state index in [0.717, 1.165) is 6.54 Å². The van der Waals surface area contributed by atoms with Gasteiger partial charge in [0.25, 0.3) is 0 Å². The van der Waals surface area contributed by atoms with E-state index in [1.807, 2.05) is 23.9 Å². The molecule has 0 atom stereocenters. The number of phenols is 1. The van der Waals surface area contributed by atoms with Crippen LogP contribution in [-0.4, -0.2) is 34.6 Å². The number of aryl methyl sites for hydroxylation is 1. The molecule has 15 heavy (non-hydrogen) atoms. The van der Waals surface area contributed by atoms with Gasteiger partial charge in [-0.05, 0) is 30.2 Å². The first kappa shape index (κ1) is 10.8. The minimum atomic E-state index is 0.366. The molecular weight excluding hydrogens is 206 g/mol. The molecule has 0 saturated carbocycles. The molecule has 1 aromatic rings. The molecule has 1 aliphatic rings. The van der Waals surface area contributed by atoms with Gasteiger partial charge in [-0.3, -0.25) is 4.90 Å². The molecule has 0 bridgehead atoms. The average Bonchev–Trinajstić information content (AvgIpc) is 2.24. The van der Waals surface area contributed by atoms with Crippen LogP contribution in [0.1, 0.15) is 11.1 Å². The largest absolute Gasteiger partial charge is 0.508 e. The molecule has 0 radical (unpaired) electrons. The molecule has 82 valence electrons. The van der Waals surface area contributed by atoms with Crippen LogP contribution in [0.5, 0.6) is 5.75 Å². The third-order valence-corrected chi connectivity index (χ3v) is 3.77. The molecule has 1 aromatic carbocycles. The minimum Gasteiger partial charge on any atom is -0.508 e. The SMILES string of the molecule is Cc1cc(O)ccc1CN1CCSCC1. The third-order valence-electron chi connectivity index (χ3n) is 2.82. The van der Waals surface area contributed by atoms with Gasteiger partial charge in [0.2, 0.25) is 0 Å². The van der Waals surface area contributed by atoms with Crippen LogP contribution in [0, 0.1) is 6.92 Å². The van der Waals surface area contributed by atoms with Gasteiger partial charge < -0.3 is 5.11 Å². The third kappa shape index (κ3) is 2.89. The molecule has 2 nitrogen and oxygen atoms in total. The highest BCUT2D eigenvalue weighted by Gasteiger charge is 2.11. The van der Waals surface area contributed by atoms with Crippen LogP contribution in [0.15, 0.2) is 18.2 Å². The predicted molar refractivity (Wildman–Crippen MR) is 65.4 cm³/mol. The summed E-state index contributed by atoms with van der Waals surface area (Å²) in [6.07, 6.45) is 0. The Morgan fingerprint density at radius 1 is 1.33 bits per heavy atom. The first-order valence-corrected chi connectivity index (χ1v) is 6.50. The van der Waals surface area contributed by atoms with E-state index >= 15 is 0 Å². The Morgan fingerprint density at radius 2 is 2.07 bits per heavy atom. The summed E-state index contributed by atoms with van der Waals surface area (Å²) in [5.41, 5.74) is 2.52. The van der Waals surface area contributed by atoms with Gasteiger partial charge in [0.15, 0.2) is 0 Å². The van der Waals surface area contributed by atoms with Crippen molar-refractivity contribution in [3.63, 3.8) is 0 Å². The first-order chi connectivity index (χ1) is 7.25. The monoisotopic (exact) mass is 223 g/mol. The molecule has 1 saturated heterocycles. The number of phenolic OH excluding ortho intramolecular Hbond substituents is 1. The molecule has 0 spiro atoms.